The highest BCUT2D eigenvalue weighted by Crippen LogP contribution is 2.28. The maximum atomic E-state index is 9.42. The molecule has 47 heavy (non-hydrogen) atoms. The quantitative estimate of drug-likeness (QED) is 0.129. The Morgan fingerprint density at radius 3 is 1.04 bits per heavy atom. The molecule has 0 unspecified atom stereocenters. The van der Waals surface area contributed by atoms with Crippen LogP contribution in [0.25, 0.3) is 0 Å². The van der Waals surface area contributed by atoms with Gasteiger partial charge in [-0.3, -0.25) is 0 Å². The van der Waals surface area contributed by atoms with Crippen molar-refractivity contribution in [1.82, 2.24) is 9.80 Å². The van der Waals surface area contributed by atoms with Crippen LogP contribution in [0.3, 0.4) is 0 Å². The molecular weight excluding hydrogens is 576 g/mol. The van der Waals surface area contributed by atoms with Gasteiger partial charge in [-0.05, 0) is 110 Å². The Balaban J connectivity index is 0.000000185. The van der Waals surface area contributed by atoms with Gasteiger partial charge in [-0.1, -0.05) is 104 Å². The van der Waals surface area contributed by atoms with E-state index in [0.29, 0.717) is 11.5 Å². The highest BCUT2D eigenvalue weighted by molar-refractivity contribution is 5.27. The molecule has 0 heterocycles. The smallest absolute Gasteiger partial charge is 0.115 e. The average Bonchev–Trinajstić information content (AvgIpc) is 3.61. The van der Waals surface area contributed by atoms with Crippen molar-refractivity contribution in [3.63, 3.8) is 0 Å². The molecule has 0 aliphatic heterocycles. The van der Waals surface area contributed by atoms with E-state index in [1.165, 1.54) is 80.3 Å². The molecule has 0 amide bonds. The number of benzene rings is 4. The average molecular weight is 633 g/mol. The number of hydrogen-bond acceptors (Lipinski definition) is 4. The molecule has 4 nitrogen and oxygen atoms in total. The van der Waals surface area contributed by atoms with E-state index in [9.17, 15) is 10.2 Å². The van der Waals surface area contributed by atoms with Crippen LogP contribution in [-0.4, -0.2) is 59.3 Å². The van der Waals surface area contributed by atoms with Crippen LogP contribution in [-0.2, 0) is 25.7 Å². The van der Waals surface area contributed by atoms with Gasteiger partial charge in [0.15, 0.2) is 0 Å². The largest absolute Gasteiger partial charge is 0.508 e. The van der Waals surface area contributed by atoms with Crippen LogP contribution in [0.2, 0.25) is 0 Å². The summed E-state index contributed by atoms with van der Waals surface area (Å²) in [5.74, 6) is 2.50. The summed E-state index contributed by atoms with van der Waals surface area (Å²) in [5.41, 5.74) is 5.47. The van der Waals surface area contributed by atoms with Crippen LogP contribution >= 0.6 is 0 Å². The topological polar surface area (TPSA) is 46.9 Å². The van der Waals surface area contributed by atoms with Crippen LogP contribution in [0, 0.1) is 11.8 Å². The molecule has 2 aliphatic carbocycles. The lowest BCUT2D eigenvalue weighted by Gasteiger charge is -2.32. The Labute approximate surface area is 284 Å². The number of phenols is 2. The van der Waals surface area contributed by atoms with Gasteiger partial charge in [0.1, 0.15) is 11.5 Å². The first kappa shape index (κ1) is 34.7. The van der Waals surface area contributed by atoms with Crippen molar-refractivity contribution in [1.29, 1.82) is 0 Å². The van der Waals surface area contributed by atoms with Gasteiger partial charge in [0.05, 0.1) is 0 Å². The normalized spacial score (nSPS) is 15.0. The van der Waals surface area contributed by atoms with Crippen molar-refractivity contribution in [2.45, 2.75) is 70.6 Å². The van der Waals surface area contributed by atoms with Crippen LogP contribution in [0.15, 0.2) is 109 Å². The predicted octanol–water partition coefficient (Wildman–Crippen LogP) is 8.95. The second-order valence-corrected chi connectivity index (χ2v) is 13.9. The number of phenolic OH excluding ortho intramolecular Hbond substituents is 2. The summed E-state index contributed by atoms with van der Waals surface area (Å²) in [6.07, 6.45) is 14.2. The van der Waals surface area contributed by atoms with Crippen molar-refractivity contribution in [3.05, 3.63) is 131 Å². The fourth-order valence-electron chi connectivity index (χ4n) is 6.95. The Hall–Kier alpha value is -3.60. The first-order valence-corrected chi connectivity index (χ1v) is 18.2. The summed E-state index contributed by atoms with van der Waals surface area (Å²) >= 11 is 0. The van der Waals surface area contributed by atoms with Crippen LogP contribution in [0.1, 0.15) is 67.2 Å². The third-order valence-corrected chi connectivity index (χ3v) is 10.2. The van der Waals surface area contributed by atoms with Crippen LogP contribution in [0.4, 0.5) is 0 Å². The SMILES string of the molecule is Oc1ccc(CCN(CCc2ccccc2)CC2CCC2)cc1.Oc1ccc(CCN(CCc2ccccc2)CC2CCCC2)cc1. The second-order valence-electron chi connectivity index (χ2n) is 13.9. The molecule has 6 rings (SSSR count). The molecular formula is C43H56N2O2. The highest BCUT2D eigenvalue weighted by atomic mass is 16.3. The van der Waals surface area contributed by atoms with E-state index in [-0.39, 0.29) is 0 Å². The Morgan fingerprint density at radius 1 is 0.404 bits per heavy atom. The molecule has 0 atom stereocenters. The third-order valence-electron chi connectivity index (χ3n) is 10.2. The Morgan fingerprint density at radius 2 is 0.723 bits per heavy atom. The number of rotatable bonds is 16. The van der Waals surface area contributed by atoms with E-state index in [4.69, 9.17) is 0 Å². The lowest BCUT2D eigenvalue weighted by molar-refractivity contribution is 0.180. The van der Waals surface area contributed by atoms with E-state index >= 15 is 0 Å². The fourth-order valence-corrected chi connectivity index (χ4v) is 6.95. The molecule has 4 heteroatoms. The van der Waals surface area contributed by atoms with Gasteiger partial charge in [0, 0.05) is 39.3 Å². The minimum Gasteiger partial charge on any atom is -0.508 e. The van der Waals surface area contributed by atoms with E-state index in [2.05, 4.69) is 70.5 Å². The van der Waals surface area contributed by atoms with Gasteiger partial charge in [-0.15, -0.1) is 0 Å². The molecule has 2 fully saturated rings. The summed E-state index contributed by atoms with van der Waals surface area (Å²) in [6, 6.07) is 36.9. The first-order valence-electron chi connectivity index (χ1n) is 18.2. The van der Waals surface area contributed by atoms with E-state index in [1.54, 1.807) is 24.3 Å². The molecule has 2 aliphatic rings. The first-order chi connectivity index (χ1) is 23.1. The molecule has 2 N–H and O–H groups in total. The summed E-state index contributed by atoms with van der Waals surface area (Å²) in [6.45, 7) is 6.97. The molecule has 0 saturated heterocycles. The van der Waals surface area contributed by atoms with Gasteiger partial charge in [0.25, 0.3) is 0 Å². The van der Waals surface area contributed by atoms with Gasteiger partial charge < -0.3 is 20.0 Å². The Kier molecular flexibility index (Phi) is 14.2. The van der Waals surface area contributed by atoms with Crippen LogP contribution < -0.4 is 0 Å². The molecule has 0 aromatic heterocycles. The van der Waals surface area contributed by atoms with E-state index < -0.39 is 0 Å². The minimum absolute atomic E-state index is 0.351. The number of aromatic hydroxyl groups is 2. The summed E-state index contributed by atoms with van der Waals surface area (Å²) in [5, 5.41) is 18.8. The van der Waals surface area contributed by atoms with Gasteiger partial charge >= 0.3 is 0 Å². The van der Waals surface area contributed by atoms with E-state index in [0.717, 1.165) is 63.7 Å². The minimum atomic E-state index is 0.351. The standard InChI is InChI=1S/C22H29NO.C21H27NO/c24-22-12-10-20(11-13-22)15-17-23(18-21-8-4-5-9-21)16-14-19-6-2-1-3-7-19;23-21-11-9-19(10-12-21)14-16-22(17-20-7-4-8-20)15-13-18-5-2-1-3-6-18/h1-3,6-7,10-13,21,24H,4-5,8-9,14-18H2;1-3,5-6,9-12,20,23H,4,7-8,13-17H2. The van der Waals surface area contributed by atoms with Gasteiger partial charge in [-0.25, -0.2) is 0 Å². The zero-order valence-electron chi connectivity index (χ0n) is 28.4. The monoisotopic (exact) mass is 632 g/mol. The fraction of sp³-hybridized carbons (Fsp3) is 0.442. The summed E-state index contributed by atoms with van der Waals surface area (Å²) in [4.78, 5) is 5.28. The molecule has 0 spiro atoms. The van der Waals surface area contributed by atoms with Gasteiger partial charge in [-0.2, -0.15) is 0 Å². The summed E-state index contributed by atoms with van der Waals surface area (Å²) in [7, 11) is 0. The van der Waals surface area contributed by atoms with Crippen molar-refractivity contribution in [2.75, 3.05) is 39.3 Å². The Bertz CT molecular complexity index is 1380. The lowest BCUT2D eigenvalue weighted by Crippen LogP contribution is -2.35. The predicted molar refractivity (Wildman–Crippen MR) is 196 cm³/mol. The second kappa shape index (κ2) is 19.3. The zero-order valence-corrected chi connectivity index (χ0v) is 28.4. The lowest BCUT2D eigenvalue weighted by atomic mass is 9.85. The molecule has 0 radical (unpaired) electrons. The van der Waals surface area contributed by atoms with Crippen molar-refractivity contribution < 1.29 is 10.2 Å². The van der Waals surface area contributed by atoms with Crippen molar-refractivity contribution in [3.8, 4) is 11.5 Å². The van der Waals surface area contributed by atoms with E-state index in [1.807, 2.05) is 24.3 Å². The molecule has 250 valence electrons. The molecule has 4 aromatic carbocycles. The number of nitrogens with zero attached hydrogens (tertiary/aromatic N) is 2. The third kappa shape index (κ3) is 12.8. The number of hydrogen-bond donors (Lipinski definition) is 2. The molecule has 4 aromatic rings. The molecule has 2 saturated carbocycles. The zero-order chi connectivity index (χ0) is 32.5. The summed E-state index contributed by atoms with van der Waals surface area (Å²) < 4.78 is 0. The maximum Gasteiger partial charge on any atom is 0.115 e. The van der Waals surface area contributed by atoms with Crippen LogP contribution in [0.5, 0.6) is 11.5 Å². The van der Waals surface area contributed by atoms with Crippen molar-refractivity contribution >= 4 is 0 Å². The molecule has 0 bridgehead atoms. The van der Waals surface area contributed by atoms with Crippen molar-refractivity contribution in [2.24, 2.45) is 11.8 Å². The van der Waals surface area contributed by atoms with Gasteiger partial charge in [0.2, 0.25) is 0 Å². The highest BCUT2D eigenvalue weighted by Gasteiger charge is 2.21. The maximum absolute atomic E-state index is 9.42.